The van der Waals surface area contributed by atoms with Gasteiger partial charge in [0.15, 0.2) is 0 Å². The van der Waals surface area contributed by atoms with E-state index in [0.29, 0.717) is 31.3 Å². The molecule has 0 radical (unpaired) electrons. The number of carboxylic acids is 1. The summed E-state index contributed by atoms with van der Waals surface area (Å²) in [6.07, 6.45) is 14.7. The number of hydrogen-bond acceptors (Lipinski definition) is 3. The van der Waals surface area contributed by atoms with Crippen molar-refractivity contribution < 1.29 is 19.4 Å². The van der Waals surface area contributed by atoms with Gasteiger partial charge in [-0.3, -0.25) is 9.59 Å². The Labute approximate surface area is 178 Å². The molecule has 2 rings (SSSR count). The van der Waals surface area contributed by atoms with E-state index in [4.69, 9.17) is 4.74 Å². The first kappa shape index (κ1) is 24.2. The molecule has 4 heteroatoms. The SMILES string of the molecule is CCCCCCCC1CC(COC(=O)C2CCCCC2C(=O)O)C(C)CC1CC. The van der Waals surface area contributed by atoms with Crippen molar-refractivity contribution in [3.8, 4) is 0 Å². The van der Waals surface area contributed by atoms with Crippen LogP contribution in [0, 0.1) is 35.5 Å². The lowest BCUT2D eigenvalue weighted by atomic mass is 9.67. The normalized spacial score (nSPS) is 32.7. The molecule has 0 aromatic rings. The van der Waals surface area contributed by atoms with Crippen LogP contribution >= 0.6 is 0 Å². The van der Waals surface area contributed by atoms with Gasteiger partial charge in [0.05, 0.1) is 18.4 Å². The fraction of sp³-hybridized carbons (Fsp3) is 0.920. The topological polar surface area (TPSA) is 63.6 Å². The predicted octanol–water partition coefficient (Wildman–Crippen LogP) is 6.47. The molecule has 2 aliphatic carbocycles. The largest absolute Gasteiger partial charge is 0.481 e. The highest BCUT2D eigenvalue weighted by Crippen LogP contribution is 2.42. The minimum atomic E-state index is -0.841. The van der Waals surface area contributed by atoms with Crippen molar-refractivity contribution in [3.05, 3.63) is 0 Å². The average molecular weight is 409 g/mol. The molecule has 2 fully saturated rings. The molecule has 0 amide bonds. The third-order valence-corrected chi connectivity index (χ3v) is 7.78. The second-order valence-electron chi connectivity index (χ2n) is 9.81. The summed E-state index contributed by atoms with van der Waals surface area (Å²) < 4.78 is 5.74. The molecule has 6 atom stereocenters. The van der Waals surface area contributed by atoms with Crippen molar-refractivity contribution >= 4 is 11.9 Å². The maximum atomic E-state index is 12.7. The van der Waals surface area contributed by atoms with Gasteiger partial charge in [0.2, 0.25) is 0 Å². The molecular weight excluding hydrogens is 364 g/mol. The van der Waals surface area contributed by atoms with Crippen LogP contribution in [-0.2, 0) is 14.3 Å². The highest BCUT2D eigenvalue weighted by molar-refractivity contribution is 5.81. The van der Waals surface area contributed by atoms with Crippen molar-refractivity contribution in [2.45, 2.75) is 104 Å². The third-order valence-electron chi connectivity index (χ3n) is 7.78. The number of carboxylic acid groups (broad SMARTS) is 1. The zero-order chi connectivity index (χ0) is 21.2. The number of rotatable bonds is 11. The summed E-state index contributed by atoms with van der Waals surface area (Å²) in [7, 11) is 0. The van der Waals surface area contributed by atoms with Crippen LogP contribution in [0.25, 0.3) is 0 Å². The van der Waals surface area contributed by atoms with Gasteiger partial charge in [-0.25, -0.2) is 0 Å². The number of ether oxygens (including phenoxy) is 1. The van der Waals surface area contributed by atoms with Crippen molar-refractivity contribution in [3.63, 3.8) is 0 Å². The summed E-state index contributed by atoms with van der Waals surface area (Å²) in [6, 6.07) is 0. The summed E-state index contributed by atoms with van der Waals surface area (Å²) in [6.45, 7) is 7.36. The molecule has 168 valence electrons. The number of esters is 1. The Hall–Kier alpha value is -1.06. The summed E-state index contributed by atoms with van der Waals surface area (Å²) in [5.41, 5.74) is 0. The van der Waals surface area contributed by atoms with E-state index in [0.717, 1.165) is 31.1 Å². The quantitative estimate of drug-likeness (QED) is 0.314. The van der Waals surface area contributed by atoms with E-state index in [2.05, 4.69) is 20.8 Å². The molecule has 0 bridgehead atoms. The summed E-state index contributed by atoms with van der Waals surface area (Å²) in [5, 5.41) is 9.44. The van der Waals surface area contributed by atoms with Crippen LogP contribution in [-0.4, -0.2) is 23.7 Å². The second kappa shape index (κ2) is 12.6. The van der Waals surface area contributed by atoms with E-state index in [-0.39, 0.29) is 5.97 Å². The van der Waals surface area contributed by atoms with Gasteiger partial charge in [-0.05, 0) is 49.4 Å². The van der Waals surface area contributed by atoms with Crippen LogP contribution in [0.1, 0.15) is 104 Å². The first-order valence-corrected chi connectivity index (χ1v) is 12.4. The maximum absolute atomic E-state index is 12.7. The van der Waals surface area contributed by atoms with Crippen molar-refractivity contribution in [1.29, 1.82) is 0 Å². The standard InChI is InChI=1S/C25H44O4/c1-4-6-7-8-9-12-20-16-21(18(3)15-19(20)5-2)17-29-25(28)23-14-11-10-13-22(23)24(26)27/h18-23H,4-17H2,1-3H3,(H,26,27). The monoisotopic (exact) mass is 408 g/mol. The molecule has 0 heterocycles. The fourth-order valence-electron chi connectivity index (χ4n) is 5.78. The second-order valence-corrected chi connectivity index (χ2v) is 9.81. The number of unbranched alkanes of at least 4 members (excludes halogenated alkanes) is 4. The summed E-state index contributed by atoms with van der Waals surface area (Å²) in [5.74, 6) is 0.448. The molecule has 0 spiro atoms. The zero-order valence-electron chi connectivity index (χ0n) is 19.0. The van der Waals surface area contributed by atoms with Crippen LogP contribution in [0.3, 0.4) is 0 Å². The van der Waals surface area contributed by atoms with Crippen LogP contribution in [0.5, 0.6) is 0 Å². The predicted molar refractivity (Wildman–Crippen MR) is 117 cm³/mol. The van der Waals surface area contributed by atoms with Gasteiger partial charge in [-0.1, -0.05) is 78.6 Å². The van der Waals surface area contributed by atoms with Gasteiger partial charge in [0.1, 0.15) is 0 Å². The fourth-order valence-corrected chi connectivity index (χ4v) is 5.78. The zero-order valence-corrected chi connectivity index (χ0v) is 19.0. The molecule has 4 nitrogen and oxygen atoms in total. The smallest absolute Gasteiger partial charge is 0.309 e. The first-order chi connectivity index (χ1) is 14.0. The van der Waals surface area contributed by atoms with Crippen molar-refractivity contribution in [2.75, 3.05) is 6.61 Å². The van der Waals surface area contributed by atoms with Gasteiger partial charge < -0.3 is 9.84 Å². The van der Waals surface area contributed by atoms with Crippen LogP contribution < -0.4 is 0 Å². The van der Waals surface area contributed by atoms with Gasteiger partial charge >= 0.3 is 11.9 Å². The van der Waals surface area contributed by atoms with Gasteiger partial charge in [-0.15, -0.1) is 0 Å². The number of aliphatic carboxylic acids is 1. The highest BCUT2D eigenvalue weighted by atomic mass is 16.5. The van der Waals surface area contributed by atoms with Gasteiger partial charge in [0, 0.05) is 0 Å². The highest BCUT2D eigenvalue weighted by Gasteiger charge is 2.38. The van der Waals surface area contributed by atoms with E-state index < -0.39 is 17.8 Å². The molecule has 6 unspecified atom stereocenters. The molecule has 0 aromatic heterocycles. The first-order valence-electron chi connectivity index (χ1n) is 12.4. The van der Waals surface area contributed by atoms with Crippen LogP contribution in [0.4, 0.5) is 0 Å². The number of carbonyl (C=O) groups is 2. The Kier molecular flexibility index (Phi) is 10.5. The van der Waals surface area contributed by atoms with Crippen molar-refractivity contribution in [1.82, 2.24) is 0 Å². The Balaban J connectivity index is 1.84. The summed E-state index contributed by atoms with van der Waals surface area (Å²) in [4.78, 5) is 24.1. The Morgan fingerprint density at radius 3 is 2.24 bits per heavy atom. The number of carbonyl (C=O) groups excluding carboxylic acids is 1. The van der Waals surface area contributed by atoms with Crippen LogP contribution in [0.15, 0.2) is 0 Å². The lowest BCUT2D eigenvalue weighted by molar-refractivity contribution is -0.161. The molecule has 1 N–H and O–H groups in total. The molecule has 29 heavy (non-hydrogen) atoms. The molecule has 2 saturated carbocycles. The van der Waals surface area contributed by atoms with E-state index in [1.165, 1.54) is 51.4 Å². The minimum absolute atomic E-state index is 0.266. The summed E-state index contributed by atoms with van der Waals surface area (Å²) >= 11 is 0. The molecule has 2 aliphatic rings. The van der Waals surface area contributed by atoms with Gasteiger partial charge in [-0.2, -0.15) is 0 Å². The average Bonchev–Trinajstić information content (AvgIpc) is 2.72. The van der Waals surface area contributed by atoms with Gasteiger partial charge in [0.25, 0.3) is 0 Å². The van der Waals surface area contributed by atoms with E-state index in [9.17, 15) is 14.7 Å². The molecule has 0 saturated heterocycles. The van der Waals surface area contributed by atoms with Crippen LogP contribution in [0.2, 0.25) is 0 Å². The van der Waals surface area contributed by atoms with Crippen molar-refractivity contribution in [2.24, 2.45) is 35.5 Å². The molecule has 0 aromatic carbocycles. The minimum Gasteiger partial charge on any atom is -0.481 e. The number of hydrogen-bond donors (Lipinski definition) is 1. The van der Waals surface area contributed by atoms with E-state index in [1.54, 1.807) is 0 Å². The Bertz CT molecular complexity index is 503. The third kappa shape index (κ3) is 7.29. The lowest BCUT2D eigenvalue weighted by Crippen LogP contribution is -2.37. The van der Waals surface area contributed by atoms with E-state index >= 15 is 0 Å². The Morgan fingerprint density at radius 2 is 1.59 bits per heavy atom. The van der Waals surface area contributed by atoms with E-state index in [1.807, 2.05) is 0 Å². The Morgan fingerprint density at radius 1 is 0.897 bits per heavy atom. The maximum Gasteiger partial charge on any atom is 0.309 e. The molecule has 0 aliphatic heterocycles. The molecular formula is C25H44O4. The lowest BCUT2D eigenvalue weighted by Gasteiger charge is -2.40.